The zero-order valence-corrected chi connectivity index (χ0v) is 37.4. The third-order valence-corrected chi connectivity index (χ3v) is 9.51. The molecule has 1 atom stereocenters. The lowest BCUT2D eigenvalue weighted by Crippen LogP contribution is -2.47. The molecule has 0 bridgehead atoms. The number of carboxylic acid groups (broad SMARTS) is 6. The van der Waals surface area contributed by atoms with E-state index in [1.807, 2.05) is 10.6 Å². The molecule has 2 aromatic rings. The Morgan fingerprint density at radius 2 is 1.21 bits per heavy atom. The first kappa shape index (κ1) is 57.9. The zero-order valence-electron chi connectivity index (χ0n) is 37.4. The van der Waals surface area contributed by atoms with Crippen molar-refractivity contribution in [2.24, 2.45) is 0 Å². The van der Waals surface area contributed by atoms with Crippen molar-refractivity contribution >= 4 is 53.7 Å². The Balaban J connectivity index is 0.00000111. The minimum Gasteiger partial charge on any atom is -0.508 e. The summed E-state index contributed by atoms with van der Waals surface area (Å²) in [7, 11) is 0. The quantitative estimate of drug-likeness (QED) is 0.0447. The van der Waals surface area contributed by atoms with Gasteiger partial charge in [0.2, 0.25) is 11.8 Å². The van der Waals surface area contributed by atoms with E-state index >= 15 is 0 Å². The maximum Gasteiger partial charge on any atom is 0.326 e. The van der Waals surface area contributed by atoms with Gasteiger partial charge < -0.3 is 62.1 Å². The summed E-state index contributed by atoms with van der Waals surface area (Å²) in [6, 6.07) is 5.40. The lowest BCUT2D eigenvalue weighted by molar-refractivity contribution is -0.141. The van der Waals surface area contributed by atoms with E-state index < -0.39 is 73.9 Å². The van der Waals surface area contributed by atoms with Crippen molar-refractivity contribution in [1.82, 2.24) is 36.1 Å². The highest BCUT2D eigenvalue weighted by Crippen LogP contribution is 2.22. The van der Waals surface area contributed by atoms with Crippen LogP contribution >= 0.6 is 0 Å². The van der Waals surface area contributed by atoms with Gasteiger partial charge in [0.1, 0.15) is 24.1 Å². The third kappa shape index (κ3) is 28.4. The molecule has 12 N–H and O–H groups in total. The minimum atomic E-state index is -1.39. The van der Waals surface area contributed by atoms with Gasteiger partial charge in [0.05, 0.1) is 25.2 Å². The molecule has 2 rings (SSSR count). The Hall–Kier alpha value is -7.08. The van der Waals surface area contributed by atoms with E-state index in [1.54, 1.807) is 12.1 Å². The number of aryl methyl sites for hydroxylation is 2. The van der Waals surface area contributed by atoms with Crippen molar-refractivity contribution in [3.8, 4) is 11.5 Å². The molecule has 0 aliphatic heterocycles. The first-order valence-corrected chi connectivity index (χ1v) is 21.5. The van der Waals surface area contributed by atoms with Gasteiger partial charge in [0, 0.05) is 76.2 Å². The molecule has 1 aromatic heterocycles. The van der Waals surface area contributed by atoms with Gasteiger partial charge in [0.25, 0.3) is 0 Å². The molecule has 372 valence electrons. The van der Waals surface area contributed by atoms with E-state index in [0.717, 1.165) is 37.7 Å². The number of unbranched alkanes of at least 4 members (excludes halogenated alkanes) is 3. The second-order valence-corrected chi connectivity index (χ2v) is 15.2. The Morgan fingerprint density at radius 1 is 0.612 bits per heavy atom. The van der Waals surface area contributed by atoms with Gasteiger partial charge in [-0.05, 0) is 55.9 Å². The Labute approximate surface area is 386 Å². The summed E-state index contributed by atoms with van der Waals surface area (Å²) < 4.78 is 0. The molecular formula is C43H63N7O17. The lowest BCUT2D eigenvalue weighted by Gasteiger charge is -2.26. The van der Waals surface area contributed by atoms with E-state index in [4.69, 9.17) is 20.4 Å². The first-order chi connectivity index (χ1) is 31.7. The summed E-state index contributed by atoms with van der Waals surface area (Å²) in [6.07, 6.45) is 4.67. The fourth-order valence-corrected chi connectivity index (χ4v) is 6.04. The minimum absolute atomic E-state index is 0.0316. The molecule has 1 aromatic carbocycles. The number of nitrogens with one attached hydrogen (secondary N) is 4. The molecule has 0 aliphatic rings. The lowest BCUT2D eigenvalue weighted by atomic mass is 10.0. The molecule has 1 heterocycles. The van der Waals surface area contributed by atoms with Crippen LogP contribution < -0.4 is 21.3 Å². The summed E-state index contributed by atoms with van der Waals surface area (Å²) in [5.74, 6) is -7.45. The van der Waals surface area contributed by atoms with Crippen LogP contribution in [0.25, 0.3) is 0 Å². The number of phenols is 1. The van der Waals surface area contributed by atoms with Gasteiger partial charge >= 0.3 is 41.8 Å². The van der Waals surface area contributed by atoms with Crippen molar-refractivity contribution in [3.05, 3.63) is 52.8 Å². The van der Waals surface area contributed by atoms with E-state index in [-0.39, 0.29) is 80.9 Å². The second-order valence-electron chi connectivity index (χ2n) is 15.2. The number of nitrogens with zero attached hydrogens (tertiary/aromatic N) is 3. The number of phenolic OH excluding ortho intramolecular Hbond substituents is 1. The van der Waals surface area contributed by atoms with Crippen molar-refractivity contribution in [2.75, 3.05) is 45.8 Å². The number of carbonyl (C=O) groups excluding carboxylic acids is 3. The van der Waals surface area contributed by atoms with E-state index in [9.17, 15) is 63.6 Å². The molecule has 0 fully saturated rings. The monoisotopic (exact) mass is 949 g/mol. The number of carbonyl (C=O) groups is 9. The molecule has 0 aliphatic carbocycles. The van der Waals surface area contributed by atoms with E-state index in [0.29, 0.717) is 37.2 Å². The number of hydrogen-bond donors (Lipinski definition) is 12. The van der Waals surface area contributed by atoms with Crippen LogP contribution in [0.15, 0.2) is 30.3 Å². The Morgan fingerprint density at radius 3 is 1.79 bits per heavy atom. The van der Waals surface area contributed by atoms with Crippen LogP contribution in [-0.2, 0) is 64.3 Å². The summed E-state index contributed by atoms with van der Waals surface area (Å²) >= 11 is 0. The predicted molar refractivity (Wildman–Crippen MR) is 236 cm³/mol. The molecule has 0 spiro atoms. The molecule has 24 heteroatoms. The Kier molecular flexibility index (Phi) is 28.2. The fraction of sp³-hybridized carbons (Fsp3) is 0.535. The predicted octanol–water partition coefficient (Wildman–Crippen LogP) is 1.20. The van der Waals surface area contributed by atoms with Crippen LogP contribution in [0.1, 0.15) is 93.6 Å². The van der Waals surface area contributed by atoms with Gasteiger partial charge in [0.15, 0.2) is 0 Å². The van der Waals surface area contributed by atoms with Crippen LogP contribution in [0.4, 0.5) is 4.79 Å². The SMILES string of the molecule is CCCCNC(=O)CCCCCNC(=O)CCc1ccc(O)c(CN(CCN(CC(=O)O)Cc2nc(CCC(=O)O)ccc2O)CC(=O)O)c1.O=C(O)CCC(NC(=O)NCC(=O)O)C(=O)O. The average molecular weight is 950 g/mol. The highest BCUT2D eigenvalue weighted by Gasteiger charge is 2.22. The first-order valence-electron chi connectivity index (χ1n) is 21.5. The fourth-order valence-electron chi connectivity index (χ4n) is 6.04. The molecule has 24 nitrogen and oxygen atoms in total. The third-order valence-electron chi connectivity index (χ3n) is 9.51. The maximum atomic E-state index is 12.4. The second kappa shape index (κ2) is 32.6. The normalized spacial score (nSPS) is 11.1. The topological polar surface area (TPSA) is 383 Å². The maximum absolute atomic E-state index is 12.4. The zero-order chi connectivity index (χ0) is 50.3. The van der Waals surface area contributed by atoms with Gasteiger partial charge in [-0.15, -0.1) is 0 Å². The molecule has 0 saturated carbocycles. The van der Waals surface area contributed by atoms with Crippen LogP contribution in [-0.4, -0.2) is 161 Å². The van der Waals surface area contributed by atoms with Crippen molar-refractivity contribution in [1.29, 1.82) is 0 Å². The summed E-state index contributed by atoms with van der Waals surface area (Å²) in [5.41, 5.74) is 1.80. The average Bonchev–Trinajstić information content (AvgIpc) is 3.24. The number of carboxylic acids is 6. The highest BCUT2D eigenvalue weighted by atomic mass is 16.4. The number of aliphatic carboxylic acids is 6. The van der Waals surface area contributed by atoms with Gasteiger partial charge in [-0.3, -0.25) is 48.3 Å². The van der Waals surface area contributed by atoms with Gasteiger partial charge in [-0.2, -0.15) is 0 Å². The molecule has 0 radical (unpaired) electrons. The summed E-state index contributed by atoms with van der Waals surface area (Å²) in [6.45, 7) is 1.90. The van der Waals surface area contributed by atoms with Crippen molar-refractivity contribution in [3.63, 3.8) is 0 Å². The van der Waals surface area contributed by atoms with E-state index in [1.165, 1.54) is 28.0 Å². The van der Waals surface area contributed by atoms with Gasteiger partial charge in [-0.25, -0.2) is 9.59 Å². The Bertz CT molecular complexity index is 1970. The van der Waals surface area contributed by atoms with Crippen LogP contribution in [0.2, 0.25) is 0 Å². The largest absolute Gasteiger partial charge is 0.508 e. The van der Waals surface area contributed by atoms with Crippen LogP contribution in [0.5, 0.6) is 11.5 Å². The van der Waals surface area contributed by atoms with E-state index in [2.05, 4.69) is 22.5 Å². The molecule has 1 unspecified atom stereocenters. The number of aromatic hydroxyl groups is 2. The number of aromatic nitrogens is 1. The standard InChI is InChI=1S/C35H51N5O10.C8H12N2O7/c1-2-3-16-36-31(43)7-5-4-6-17-37-32(44)14-9-25-8-12-29(41)26(20-25)21-39(23-34(47)48)18-19-40(24-35(49)50)22-28-30(42)13-10-27(38-28)11-15-33(45)46;11-5(12)2-1-4(7(15)16)10-8(17)9-3-6(13)14/h8,10,12-13,20,41-42H,2-7,9,11,14-19,21-24H2,1H3,(H,36,43)(H,37,44)(H,45,46)(H,47,48)(H,49,50);4H,1-3H2,(H,11,12)(H,13,14)(H,15,16)(H2,9,10,17). The smallest absolute Gasteiger partial charge is 0.326 e. The van der Waals surface area contributed by atoms with Crippen LogP contribution in [0, 0.1) is 0 Å². The molecular weight excluding hydrogens is 887 g/mol. The number of amides is 4. The number of benzene rings is 1. The summed E-state index contributed by atoms with van der Waals surface area (Å²) in [5, 5.41) is 83.8. The molecule has 4 amide bonds. The number of pyridine rings is 1. The van der Waals surface area contributed by atoms with Gasteiger partial charge in [-0.1, -0.05) is 31.9 Å². The van der Waals surface area contributed by atoms with Crippen molar-refractivity contribution < 1.29 is 84.0 Å². The number of urea groups is 1. The van der Waals surface area contributed by atoms with Crippen molar-refractivity contribution in [2.45, 2.75) is 103 Å². The molecule has 67 heavy (non-hydrogen) atoms. The highest BCUT2D eigenvalue weighted by molar-refractivity contribution is 5.85. The number of hydrogen-bond acceptors (Lipinski definition) is 14. The number of rotatable bonds is 33. The molecule has 0 saturated heterocycles. The summed E-state index contributed by atoms with van der Waals surface area (Å²) in [4.78, 5) is 108. The van der Waals surface area contributed by atoms with Crippen LogP contribution in [0.3, 0.4) is 0 Å².